The lowest BCUT2D eigenvalue weighted by Crippen LogP contribution is -2.78. The number of Topliss-reactive ketones (excluding diaryl/α,β-unsaturated/α-hetero) is 4. The Labute approximate surface area is 240 Å². The first kappa shape index (κ1) is 29.1. The number of esters is 1. The molecule has 1 amide bonds. The lowest BCUT2D eigenvalue weighted by atomic mass is 9.49. The van der Waals surface area contributed by atoms with E-state index in [-0.39, 0.29) is 17.7 Å². The van der Waals surface area contributed by atoms with Gasteiger partial charge in [-0.15, -0.1) is 0 Å². The van der Waals surface area contributed by atoms with E-state index in [4.69, 9.17) is 10.5 Å². The Hall–Kier alpha value is -4.42. The third kappa shape index (κ3) is 4.12. The number of hydrogen-bond donors (Lipinski definition) is 4. The normalized spacial score (nSPS) is 32.2. The number of ether oxygens (including phenoxy) is 1. The predicted molar refractivity (Wildman–Crippen MR) is 143 cm³/mol. The first-order valence-corrected chi connectivity index (χ1v) is 13.4. The van der Waals surface area contributed by atoms with Gasteiger partial charge in [0.2, 0.25) is 5.91 Å². The highest BCUT2D eigenvalue weighted by atomic mass is 16.5. The Bertz CT molecular complexity index is 1530. The number of benzene rings is 2. The first-order chi connectivity index (χ1) is 19.7. The van der Waals surface area contributed by atoms with E-state index in [2.05, 4.69) is 0 Å². The molecule has 0 radical (unpaired) electrons. The molecule has 0 aromatic heterocycles. The molecule has 3 aliphatic carbocycles. The molecular weight excluding hydrogens is 548 g/mol. The molecule has 2 aromatic carbocycles. The van der Waals surface area contributed by atoms with Gasteiger partial charge in [0, 0.05) is 5.92 Å². The van der Waals surface area contributed by atoms with Crippen molar-refractivity contribution >= 4 is 35.0 Å². The van der Waals surface area contributed by atoms with E-state index in [9.17, 15) is 44.1 Å². The van der Waals surface area contributed by atoms with E-state index < -0.39 is 88.1 Å². The molecule has 5 N–H and O–H groups in total. The molecule has 0 spiro atoms. The van der Waals surface area contributed by atoms with E-state index in [1.807, 2.05) is 0 Å². The van der Waals surface area contributed by atoms with Crippen LogP contribution in [0.4, 0.5) is 0 Å². The van der Waals surface area contributed by atoms with E-state index in [1.54, 1.807) is 13.0 Å². The van der Waals surface area contributed by atoms with E-state index in [0.717, 1.165) is 0 Å². The number of amides is 1. The van der Waals surface area contributed by atoms with E-state index in [0.29, 0.717) is 11.1 Å². The number of rotatable bonds is 5. The second-order valence-electron chi connectivity index (χ2n) is 11.4. The van der Waals surface area contributed by atoms with Crippen molar-refractivity contribution in [3.05, 3.63) is 59.2 Å². The van der Waals surface area contributed by atoms with Gasteiger partial charge < -0.3 is 25.8 Å². The van der Waals surface area contributed by atoms with Crippen molar-refractivity contribution in [2.75, 3.05) is 14.1 Å². The molecule has 0 heterocycles. The Morgan fingerprint density at radius 3 is 2.24 bits per heavy atom. The van der Waals surface area contributed by atoms with E-state index >= 15 is 0 Å². The van der Waals surface area contributed by atoms with Crippen LogP contribution in [-0.2, 0) is 35.1 Å². The van der Waals surface area contributed by atoms with Crippen molar-refractivity contribution in [2.45, 2.75) is 37.0 Å². The molecule has 8 atom stereocenters. The monoisotopic (exact) mass is 578 g/mol. The molecule has 2 fully saturated rings. The van der Waals surface area contributed by atoms with Crippen molar-refractivity contribution in [2.24, 2.45) is 29.4 Å². The number of aliphatic hydroxyl groups is 1. The van der Waals surface area contributed by atoms with Crippen LogP contribution in [0.3, 0.4) is 0 Å². The molecule has 42 heavy (non-hydrogen) atoms. The second kappa shape index (κ2) is 10.1. The maximum atomic E-state index is 14.2. The van der Waals surface area contributed by atoms with Gasteiger partial charge >= 0.3 is 5.97 Å². The second-order valence-corrected chi connectivity index (χ2v) is 11.4. The van der Waals surface area contributed by atoms with Crippen molar-refractivity contribution in [3.8, 4) is 11.5 Å². The Morgan fingerprint density at radius 1 is 1.00 bits per heavy atom. The fourth-order valence-corrected chi connectivity index (χ4v) is 7.04. The van der Waals surface area contributed by atoms with Crippen LogP contribution in [0.25, 0.3) is 0 Å². The molecule has 0 aliphatic heterocycles. The molecule has 12 nitrogen and oxygen atoms in total. The zero-order valence-electron chi connectivity index (χ0n) is 23.0. The van der Waals surface area contributed by atoms with Crippen LogP contribution in [0.1, 0.15) is 34.3 Å². The quantitative estimate of drug-likeness (QED) is 0.273. The minimum atomic E-state index is -3.09. The number of carbonyl (C=O) groups excluding carboxylic acids is 6. The van der Waals surface area contributed by atoms with Gasteiger partial charge in [-0.05, 0) is 49.3 Å². The molecular formula is C30H30N2O10. The van der Waals surface area contributed by atoms with Crippen LogP contribution < -0.4 is 5.73 Å². The number of primary amides is 1. The number of nitrogens with zero attached hydrogens (tertiary/aromatic N) is 1. The topological polar surface area (TPSA) is 202 Å². The minimum absolute atomic E-state index is 0.0284. The number of likely N-dealkylation sites (N-methyl/N-ethyl adjacent to an activating group) is 1. The lowest BCUT2D eigenvalue weighted by Gasteiger charge is -2.56. The molecule has 2 aromatic rings. The summed E-state index contributed by atoms with van der Waals surface area (Å²) in [4.78, 5) is 82.3. The molecule has 5 rings (SSSR count). The largest absolute Gasteiger partial charge is 0.508 e. The molecule has 12 heteroatoms. The lowest BCUT2D eigenvalue weighted by molar-refractivity contribution is -0.205. The Kier molecular flexibility index (Phi) is 7.02. The van der Waals surface area contributed by atoms with Gasteiger partial charge in [-0.2, -0.15) is 0 Å². The smallest absolute Gasteiger partial charge is 0.310 e. The van der Waals surface area contributed by atoms with Crippen LogP contribution in [0.5, 0.6) is 11.5 Å². The zero-order valence-corrected chi connectivity index (χ0v) is 23.0. The van der Waals surface area contributed by atoms with Gasteiger partial charge in [0.15, 0.2) is 34.7 Å². The van der Waals surface area contributed by atoms with Crippen molar-refractivity contribution in [3.63, 3.8) is 0 Å². The number of fused-ring (bicyclic) bond motifs is 3. The molecule has 0 saturated heterocycles. The zero-order chi connectivity index (χ0) is 30.8. The van der Waals surface area contributed by atoms with Crippen LogP contribution >= 0.6 is 0 Å². The summed E-state index contributed by atoms with van der Waals surface area (Å²) in [5, 5.41) is 32.2. The summed E-state index contributed by atoms with van der Waals surface area (Å²) in [5.74, 6) is -14.7. The highest BCUT2D eigenvalue weighted by Crippen LogP contribution is 2.55. The number of phenolic OH excluding ortho intramolecular Hbond substituents is 2. The number of carbonyl (C=O) groups is 6. The maximum absolute atomic E-state index is 14.2. The van der Waals surface area contributed by atoms with Gasteiger partial charge in [0.25, 0.3) is 0 Å². The Morgan fingerprint density at radius 2 is 1.64 bits per heavy atom. The summed E-state index contributed by atoms with van der Waals surface area (Å²) in [6, 6.07) is 8.59. The highest BCUT2D eigenvalue weighted by Gasteiger charge is 2.74. The standard InChI is InChI=1S/C30H30N2O10/c1-12-15-5-4-6-16(34)19(15)24(36)20-18(12)26(42-17(35)11-13-7-9-14(33)10-8-13)22-23(32(2)3)25(37)21(29(31)40)28(39)30(22,41)27(20)38/h4-10,12,18,20-23,26,33-34,41H,11H2,1-3H3,(H2,31,40). The first-order valence-electron chi connectivity index (χ1n) is 13.4. The summed E-state index contributed by atoms with van der Waals surface area (Å²) in [5.41, 5.74) is 2.95. The van der Waals surface area contributed by atoms with Crippen molar-refractivity contribution in [1.82, 2.24) is 4.90 Å². The number of nitrogens with two attached hydrogens (primary N) is 1. The third-order valence-corrected chi connectivity index (χ3v) is 8.88. The van der Waals surface area contributed by atoms with Crippen molar-refractivity contribution in [1.29, 1.82) is 0 Å². The molecule has 0 bridgehead atoms. The van der Waals surface area contributed by atoms with Gasteiger partial charge in [-0.25, -0.2) is 0 Å². The van der Waals surface area contributed by atoms with Crippen LogP contribution in [-0.4, -0.2) is 87.1 Å². The van der Waals surface area contributed by atoms with Gasteiger partial charge in [-0.3, -0.25) is 33.7 Å². The van der Waals surface area contributed by atoms with Crippen LogP contribution in [0, 0.1) is 23.7 Å². The van der Waals surface area contributed by atoms with Gasteiger partial charge in [0.1, 0.15) is 17.6 Å². The molecule has 220 valence electrons. The number of phenols is 2. The third-order valence-electron chi connectivity index (χ3n) is 8.88. The average molecular weight is 579 g/mol. The summed E-state index contributed by atoms with van der Waals surface area (Å²) < 4.78 is 5.94. The number of ketones is 4. The van der Waals surface area contributed by atoms with Crippen molar-refractivity contribution < 1.29 is 48.8 Å². The van der Waals surface area contributed by atoms with Gasteiger partial charge in [-0.1, -0.05) is 31.2 Å². The minimum Gasteiger partial charge on any atom is -0.508 e. The van der Waals surface area contributed by atoms with Gasteiger partial charge in [0.05, 0.1) is 29.9 Å². The SMILES string of the molecule is CC1c2cccc(O)c2C(=O)C2C(=O)C3(O)C(=O)C(C(N)=O)C(=O)C(N(C)C)C3C(OC(=O)Cc3ccc(O)cc3)C21. The highest BCUT2D eigenvalue weighted by molar-refractivity contribution is 6.32. The number of aromatic hydroxyl groups is 2. The maximum Gasteiger partial charge on any atom is 0.310 e. The number of hydrogen-bond acceptors (Lipinski definition) is 11. The molecule has 2 saturated carbocycles. The van der Waals surface area contributed by atoms with Crippen LogP contribution in [0.2, 0.25) is 0 Å². The fourth-order valence-electron chi connectivity index (χ4n) is 7.04. The summed E-state index contributed by atoms with van der Waals surface area (Å²) >= 11 is 0. The molecule has 8 unspecified atom stereocenters. The molecule has 3 aliphatic rings. The van der Waals surface area contributed by atoms with E-state index in [1.165, 1.54) is 55.4 Å². The predicted octanol–water partition coefficient (Wildman–Crippen LogP) is -0.102. The fraction of sp³-hybridized carbons (Fsp3) is 0.400. The average Bonchev–Trinajstić information content (AvgIpc) is 2.91. The summed E-state index contributed by atoms with van der Waals surface area (Å²) in [7, 11) is 2.87. The Balaban J connectivity index is 1.70. The van der Waals surface area contributed by atoms with Crippen LogP contribution in [0.15, 0.2) is 42.5 Å². The summed E-state index contributed by atoms with van der Waals surface area (Å²) in [6.45, 7) is 1.66. The summed E-state index contributed by atoms with van der Waals surface area (Å²) in [6.07, 6.45) is -1.85.